The van der Waals surface area contributed by atoms with Gasteiger partial charge < -0.3 is 5.11 Å². The minimum absolute atomic E-state index is 0.103. The fourth-order valence-corrected chi connectivity index (χ4v) is 8.15. The Hall–Kier alpha value is -0.560. The van der Waals surface area contributed by atoms with Gasteiger partial charge in [-0.1, -0.05) is 83.6 Å². The third-order valence-corrected chi connectivity index (χ3v) is 9.65. The van der Waals surface area contributed by atoms with E-state index < -0.39 is 0 Å². The van der Waals surface area contributed by atoms with E-state index in [0.29, 0.717) is 28.6 Å². The summed E-state index contributed by atoms with van der Waals surface area (Å²) in [6, 6.07) is 0. The van der Waals surface area contributed by atoms with Crippen LogP contribution in [0.25, 0.3) is 0 Å². The first kappa shape index (κ1) is 20.7. The first-order valence-electron chi connectivity index (χ1n) is 12.4. The molecule has 3 saturated carbocycles. The first-order valence-corrected chi connectivity index (χ1v) is 12.4. The standard InChI is InChI=1S/C27H44O/c1-18(2)9-8-10-19(3)25-24(28)17-23-21-13-12-20-11-6-7-15-26(20,4)22(21)14-16-27(23,25)5/h12-13,18-19,22-25,28H,6-11,14-17H2,1-5H3/t19-,22+,23+,24+,25+,26+,27+/m1/s1. The molecule has 0 aromatic rings. The molecule has 0 heterocycles. The van der Waals surface area contributed by atoms with E-state index >= 15 is 0 Å². The first-order chi connectivity index (χ1) is 13.3. The van der Waals surface area contributed by atoms with Crippen molar-refractivity contribution in [2.45, 2.75) is 105 Å². The Morgan fingerprint density at radius 2 is 1.82 bits per heavy atom. The van der Waals surface area contributed by atoms with Crippen LogP contribution < -0.4 is 0 Å². The van der Waals surface area contributed by atoms with Gasteiger partial charge in [-0.2, -0.15) is 0 Å². The van der Waals surface area contributed by atoms with Gasteiger partial charge in [0, 0.05) is 0 Å². The summed E-state index contributed by atoms with van der Waals surface area (Å²) in [7, 11) is 0. The van der Waals surface area contributed by atoms with Gasteiger partial charge in [-0.3, -0.25) is 0 Å². The molecule has 7 atom stereocenters. The fourth-order valence-electron chi connectivity index (χ4n) is 8.15. The van der Waals surface area contributed by atoms with Crippen molar-refractivity contribution in [3.63, 3.8) is 0 Å². The Morgan fingerprint density at radius 1 is 1.04 bits per heavy atom. The number of aliphatic hydroxyl groups is 1. The molecule has 3 fully saturated rings. The molecule has 0 aliphatic heterocycles. The second-order valence-electron chi connectivity index (χ2n) is 11.8. The molecule has 1 nitrogen and oxygen atoms in total. The van der Waals surface area contributed by atoms with Gasteiger partial charge in [-0.05, 0) is 78.9 Å². The Labute approximate surface area is 174 Å². The molecule has 0 amide bonds. The Bertz CT molecular complexity index is 643. The number of rotatable bonds is 5. The lowest BCUT2D eigenvalue weighted by atomic mass is 9.50. The minimum Gasteiger partial charge on any atom is -0.393 e. The van der Waals surface area contributed by atoms with E-state index in [-0.39, 0.29) is 6.10 Å². The molecular weight excluding hydrogens is 340 g/mol. The third-order valence-electron chi connectivity index (χ3n) is 9.65. The van der Waals surface area contributed by atoms with Crippen LogP contribution in [0.5, 0.6) is 0 Å². The molecule has 158 valence electrons. The maximum Gasteiger partial charge on any atom is 0.0582 e. The average molecular weight is 385 g/mol. The third kappa shape index (κ3) is 3.24. The number of aliphatic hydroxyl groups excluding tert-OH is 1. The largest absolute Gasteiger partial charge is 0.393 e. The molecule has 4 rings (SSSR count). The smallest absolute Gasteiger partial charge is 0.0582 e. The number of hydrogen-bond acceptors (Lipinski definition) is 1. The second kappa shape index (κ2) is 7.60. The maximum atomic E-state index is 11.2. The number of allylic oxidation sites excluding steroid dienone is 4. The second-order valence-corrected chi connectivity index (χ2v) is 11.8. The van der Waals surface area contributed by atoms with Crippen molar-refractivity contribution in [1.82, 2.24) is 0 Å². The zero-order chi connectivity index (χ0) is 20.1. The van der Waals surface area contributed by atoms with Crippen molar-refractivity contribution < 1.29 is 5.11 Å². The Balaban J connectivity index is 1.57. The summed E-state index contributed by atoms with van der Waals surface area (Å²) < 4.78 is 0. The zero-order valence-corrected chi connectivity index (χ0v) is 19.1. The summed E-state index contributed by atoms with van der Waals surface area (Å²) in [5, 5.41) is 11.2. The van der Waals surface area contributed by atoms with E-state index in [1.165, 1.54) is 57.8 Å². The van der Waals surface area contributed by atoms with Crippen molar-refractivity contribution in [3.8, 4) is 0 Å². The van der Waals surface area contributed by atoms with Crippen molar-refractivity contribution in [2.24, 2.45) is 40.4 Å². The fraction of sp³-hybridized carbons (Fsp3) is 0.852. The van der Waals surface area contributed by atoms with Gasteiger partial charge >= 0.3 is 0 Å². The van der Waals surface area contributed by atoms with E-state index in [2.05, 4.69) is 46.8 Å². The summed E-state index contributed by atoms with van der Waals surface area (Å²) in [6.07, 6.45) is 18.0. The summed E-state index contributed by atoms with van der Waals surface area (Å²) in [5.74, 6) is 3.27. The molecule has 0 saturated heterocycles. The highest BCUT2D eigenvalue weighted by Gasteiger charge is 2.59. The molecule has 1 N–H and O–H groups in total. The summed E-state index contributed by atoms with van der Waals surface area (Å²) in [5.41, 5.74) is 4.16. The van der Waals surface area contributed by atoms with Crippen LogP contribution in [0.2, 0.25) is 0 Å². The molecule has 4 aliphatic rings. The van der Waals surface area contributed by atoms with Crippen molar-refractivity contribution in [3.05, 3.63) is 23.3 Å². The number of hydrogen-bond donors (Lipinski definition) is 1. The molecule has 0 radical (unpaired) electrons. The van der Waals surface area contributed by atoms with E-state index in [1.54, 1.807) is 11.1 Å². The maximum absolute atomic E-state index is 11.2. The van der Waals surface area contributed by atoms with Gasteiger partial charge in [0.05, 0.1) is 6.10 Å². The highest BCUT2D eigenvalue weighted by molar-refractivity contribution is 5.38. The van der Waals surface area contributed by atoms with E-state index in [9.17, 15) is 5.11 Å². The average Bonchev–Trinajstić information content (AvgIpc) is 2.91. The van der Waals surface area contributed by atoms with E-state index in [1.807, 2.05) is 0 Å². The van der Waals surface area contributed by atoms with Gasteiger partial charge in [-0.15, -0.1) is 0 Å². The monoisotopic (exact) mass is 384 g/mol. The van der Waals surface area contributed by atoms with E-state index in [0.717, 1.165) is 18.3 Å². The molecule has 1 heteroatoms. The van der Waals surface area contributed by atoms with Crippen LogP contribution in [0.1, 0.15) is 98.8 Å². The van der Waals surface area contributed by atoms with Gasteiger partial charge in [0.25, 0.3) is 0 Å². The zero-order valence-electron chi connectivity index (χ0n) is 19.1. The van der Waals surface area contributed by atoms with Crippen LogP contribution in [0.4, 0.5) is 0 Å². The lowest BCUT2D eigenvalue weighted by Crippen LogP contribution is -2.46. The van der Waals surface area contributed by atoms with Gasteiger partial charge in [-0.25, -0.2) is 0 Å². The van der Waals surface area contributed by atoms with Crippen LogP contribution >= 0.6 is 0 Å². The Morgan fingerprint density at radius 3 is 2.57 bits per heavy atom. The molecule has 0 spiro atoms. The summed E-state index contributed by atoms with van der Waals surface area (Å²) >= 11 is 0. The lowest BCUT2D eigenvalue weighted by Gasteiger charge is -2.54. The number of fused-ring (bicyclic) bond motifs is 5. The van der Waals surface area contributed by atoms with Gasteiger partial charge in [0.15, 0.2) is 0 Å². The van der Waals surface area contributed by atoms with Crippen LogP contribution in [0.3, 0.4) is 0 Å². The highest BCUT2D eigenvalue weighted by Crippen LogP contribution is 2.66. The highest BCUT2D eigenvalue weighted by atomic mass is 16.3. The molecule has 0 unspecified atom stereocenters. The molecule has 0 aromatic heterocycles. The van der Waals surface area contributed by atoms with Crippen molar-refractivity contribution in [2.75, 3.05) is 0 Å². The molecule has 4 aliphatic carbocycles. The van der Waals surface area contributed by atoms with Crippen LogP contribution in [0, 0.1) is 40.4 Å². The molecule has 0 bridgehead atoms. The minimum atomic E-state index is -0.103. The molecular formula is C27H44O. The van der Waals surface area contributed by atoms with Crippen molar-refractivity contribution in [1.29, 1.82) is 0 Å². The van der Waals surface area contributed by atoms with Gasteiger partial charge in [0.1, 0.15) is 0 Å². The van der Waals surface area contributed by atoms with E-state index in [4.69, 9.17) is 0 Å². The summed E-state index contributed by atoms with van der Waals surface area (Å²) in [6.45, 7) is 12.2. The predicted molar refractivity (Wildman–Crippen MR) is 119 cm³/mol. The molecule has 28 heavy (non-hydrogen) atoms. The normalized spacial score (nSPS) is 43.7. The quantitative estimate of drug-likeness (QED) is 0.527. The predicted octanol–water partition coefficient (Wildman–Crippen LogP) is 7.31. The van der Waals surface area contributed by atoms with Crippen LogP contribution in [0.15, 0.2) is 23.3 Å². The topological polar surface area (TPSA) is 20.2 Å². The SMILES string of the molecule is CC(C)CCC[C@@H](C)[C@H]1[C@@H](O)C[C@H]2C3=CC=C4CCCC[C@]4(C)[C@H]3CC[C@]12C. The van der Waals surface area contributed by atoms with Crippen LogP contribution in [-0.2, 0) is 0 Å². The van der Waals surface area contributed by atoms with Gasteiger partial charge in [0.2, 0.25) is 0 Å². The molecule has 0 aromatic carbocycles. The lowest BCUT2D eigenvalue weighted by molar-refractivity contribution is 0.0108. The Kier molecular flexibility index (Phi) is 5.62. The summed E-state index contributed by atoms with van der Waals surface area (Å²) in [4.78, 5) is 0. The van der Waals surface area contributed by atoms with Crippen LogP contribution in [-0.4, -0.2) is 11.2 Å². The van der Waals surface area contributed by atoms with Crippen molar-refractivity contribution >= 4 is 0 Å².